The van der Waals surface area contributed by atoms with Crippen LogP contribution in [-0.4, -0.2) is 36.7 Å². The van der Waals surface area contributed by atoms with Crippen LogP contribution in [0.2, 0.25) is 0 Å². The summed E-state index contributed by atoms with van der Waals surface area (Å²) < 4.78 is 15.7. The highest BCUT2D eigenvalue weighted by Crippen LogP contribution is 2.24. The van der Waals surface area contributed by atoms with E-state index in [0.717, 1.165) is 16.8 Å². The molecule has 1 atom stereocenters. The number of hydrogen-bond donors (Lipinski definition) is 1. The van der Waals surface area contributed by atoms with Crippen LogP contribution in [0.25, 0.3) is 11.5 Å². The number of nitrogens with one attached hydrogen (secondary N) is 1. The van der Waals surface area contributed by atoms with Gasteiger partial charge in [0.2, 0.25) is 12.3 Å². The summed E-state index contributed by atoms with van der Waals surface area (Å²) in [6, 6.07) is 5.93. The van der Waals surface area contributed by atoms with Gasteiger partial charge in [-0.3, -0.25) is 0 Å². The van der Waals surface area contributed by atoms with Crippen molar-refractivity contribution in [3.05, 3.63) is 30.2 Å². The highest BCUT2D eigenvalue weighted by Gasteiger charge is 2.16. The molecule has 0 saturated heterocycles. The van der Waals surface area contributed by atoms with Gasteiger partial charge in [-0.2, -0.15) is 0 Å². The molecule has 20 heavy (non-hydrogen) atoms. The van der Waals surface area contributed by atoms with Crippen molar-refractivity contribution in [3.8, 4) is 11.5 Å². The average molecular weight is 277 g/mol. The predicted octanol–water partition coefficient (Wildman–Crippen LogP) is 2.46. The van der Waals surface area contributed by atoms with E-state index in [4.69, 9.17) is 13.9 Å². The first-order chi connectivity index (χ1) is 9.65. The molecule has 1 unspecified atom stereocenters. The lowest BCUT2D eigenvalue weighted by molar-refractivity contribution is -0.109. The molecule has 0 amide bonds. The van der Waals surface area contributed by atoms with Gasteiger partial charge in [-0.1, -0.05) is 6.07 Å². The summed E-state index contributed by atoms with van der Waals surface area (Å²) in [7, 11) is 3.24. The molecule has 1 heterocycles. The van der Waals surface area contributed by atoms with Crippen LogP contribution < -0.4 is 5.32 Å². The molecule has 1 aromatic heterocycles. The summed E-state index contributed by atoms with van der Waals surface area (Å²) in [5.74, 6) is 0.496. The minimum Gasteiger partial charge on any atom is -0.423 e. The SMILES string of the molecule is COC(OC)C(C)Nc1cc(-c2nnco2)ccc1C. The maximum absolute atomic E-state index is 5.25. The third-order valence-electron chi connectivity index (χ3n) is 3.10. The zero-order valence-electron chi connectivity index (χ0n) is 12.1. The Balaban J connectivity index is 2.21. The van der Waals surface area contributed by atoms with Gasteiger partial charge in [0.25, 0.3) is 0 Å². The van der Waals surface area contributed by atoms with Crippen LogP contribution >= 0.6 is 0 Å². The van der Waals surface area contributed by atoms with E-state index < -0.39 is 0 Å². The first kappa shape index (κ1) is 14.5. The molecular formula is C14H19N3O3. The molecule has 108 valence electrons. The second-order valence-corrected chi connectivity index (χ2v) is 4.55. The number of anilines is 1. The van der Waals surface area contributed by atoms with Crippen molar-refractivity contribution in [2.24, 2.45) is 0 Å². The summed E-state index contributed by atoms with van der Waals surface area (Å²) in [5.41, 5.74) is 2.97. The van der Waals surface area contributed by atoms with Gasteiger partial charge in [0.1, 0.15) is 0 Å². The Hall–Kier alpha value is -1.92. The molecule has 0 radical (unpaired) electrons. The second-order valence-electron chi connectivity index (χ2n) is 4.55. The van der Waals surface area contributed by atoms with Crippen molar-refractivity contribution in [1.82, 2.24) is 10.2 Å². The van der Waals surface area contributed by atoms with E-state index in [1.165, 1.54) is 6.39 Å². The quantitative estimate of drug-likeness (QED) is 0.818. The molecule has 2 aromatic rings. The predicted molar refractivity (Wildman–Crippen MR) is 75.4 cm³/mol. The van der Waals surface area contributed by atoms with Gasteiger partial charge in [-0.15, -0.1) is 10.2 Å². The molecule has 1 N–H and O–H groups in total. The van der Waals surface area contributed by atoms with E-state index in [2.05, 4.69) is 15.5 Å². The zero-order valence-corrected chi connectivity index (χ0v) is 12.1. The summed E-state index contributed by atoms with van der Waals surface area (Å²) in [6.07, 6.45) is 0.998. The molecule has 0 aliphatic rings. The van der Waals surface area contributed by atoms with Crippen LogP contribution in [0.4, 0.5) is 5.69 Å². The van der Waals surface area contributed by atoms with Gasteiger partial charge in [0.15, 0.2) is 6.29 Å². The van der Waals surface area contributed by atoms with E-state index in [9.17, 15) is 0 Å². The molecule has 0 aliphatic carbocycles. The molecule has 6 heteroatoms. The number of nitrogens with zero attached hydrogens (tertiary/aromatic N) is 2. The molecule has 0 fully saturated rings. The first-order valence-electron chi connectivity index (χ1n) is 6.35. The van der Waals surface area contributed by atoms with E-state index in [0.29, 0.717) is 5.89 Å². The number of rotatable bonds is 6. The van der Waals surface area contributed by atoms with E-state index in [-0.39, 0.29) is 12.3 Å². The first-order valence-corrected chi connectivity index (χ1v) is 6.35. The third-order valence-corrected chi connectivity index (χ3v) is 3.10. The third kappa shape index (κ3) is 3.15. The van der Waals surface area contributed by atoms with Crippen LogP contribution in [-0.2, 0) is 9.47 Å². The normalized spacial score (nSPS) is 12.7. The van der Waals surface area contributed by atoms with Gasteiger partial charge in [0, 0.05) is 25.5 Å². The van der Waals surface area contributed by atoms with Crippen molar-refractivity contribution in [3.63, 3.8) is 0 Å². The van der Waals surface area contributed by atoms with Gasteiger partial charge >= 0.3 is 0 Å². The topological polar surface area (TPSA) is 69.4 Å². The monoisotopic (exact) mass is 277 g/mol. The summed E-state index contributed by atoms with van der Waals surface area (Å²) in [4.78, 5) is 0. The number of benzene rings is 1. The lowest BCUT2D eigenvalue weighted by atomic mass is 10.1. The Morgan fingerprint density at radius 1 is 1.25 bits per heavy atom. The molecule has 6 nitrogen and oxygen atoms in total. The molecule has 0 spiro atoms. The number of aryl methyl sites for hydroxylation is 1. The van der Waals surface area contributed by atoms with Crippen LogP contribution in [0.5, 0.6) is 0 Å². The summed E-state index contributed by atoms with van der Waals surface area (Å²) in [6.45, 7) is 4.03. The fourth-order valence-electron chi connectivity index (χ4n) is 2.03. The fourth-order valence-corrected chi connectivity index (χ4v) is 2.03. The van der Waals surface area contributed by atoms with Gasteiger partial charge in [-0.05, 0) is 31.5 Å². The molecule has 0 bridgehead atoms. The van der Waals surface area contributed by atoms with Crippen LogP contribution in [0, 0.1) is 6.92 Å². The minimum atomic E-state index is -0.318. The van der Waals surface area contributed by atoms with Crippen molar-refractivity contribution in [2.45, 2.75) is 26.2 Å². The number of ether oxygens (including phenoxy) is 2. The van der Waals surface area contributed by atoms with E-state index in [1.807, 2.05) is 32.0 Å². The largest absolute Gasteiger partial charge is 0.423 e. The maximum atomic E-state index is 5.25. The fraction of sp³-hybridized carbons (Fsp3) is 0.429. The lowest BCUT2D eigenvalue weighted by Crippen LogP contribution is -2.34. The Kier molecular flexibility index (Phi) is 4.70. The Morgan fingerprint density at radius 2 is 2.00 bits per heavy atom. The molecule has 1 aromatic carbocycles. The number of hydrogen-bond acceptors (Lipinski definition) is 6. The van der Waals surface area contributed by atoms with Crippen LogP contribution in [0.15, 0.2) is 29.0 Å². The van der Waals surface area contributed by atoms with Crippen LogP contribution in [0.3, 0.4) is 0 Å². The Bertz CT molecular complexity index is 539. The smallest absolute Gasteiger partial charge is 0.247 e. The van der Waals surface area contributed by atoms with E-state index in [1.54, 1.807) is 14.2 Å². The summed E-state index contributed by atoms with van der Waals surface area (Å²) >= 11 is 0. The Morgan fingerprint density at radius 3 is 2.60 bits per heavy atom. The average Bonchev–Trinajstić information content (AvgIpc) is 2.96. The van der Waals surface area contributed by atoms with Crippen LogP contribution in [0.1, 0.15) is 12.5 Å². The van der Waals surface area contributed by atoms with Crippen molar-refractivity contribution < 1.29 is 13.9 Å². The second kappa shape index (κ2) is 6.49. The molecule has 0 aliphatic heterocycles. The van der Waals surface area contributed by atoms with Crippen molar-refractivity contribution in [2.75, 3.05) is 19.5 Å². The molecule has 2 rings (SSSR count). The van der Waals surface area contributed by atoms with Crippen molar-refractivity contribution in [1.29, 1.82) is 0 Å². The molecular weight excluding hydrogens is 258 g/mol. The molecule has 0 saturated carbocycles. The minimum absolute atomic E-state index is 0.00151. The summed E-state index contributed by atoms with van der Waals surface area (Å²) in [5, 5.41) is 11.0. The van der Waals surface area contributed by atoms with E-state index >= 15 is 0 Å². The highest BCUT2D eigenvalue weighted by atomic mass is 16.7. The zero-order chi connectivity index (χ0) is 14.5. The van der Waals surface area contributed by atoms with Gasteiger partial charge in [-0.25, -0.2) is 0 Å². The number of methoxy groups -OCH3 is 2. The Labute approximate surface area is 118 Å². The standard InChI is InChI=1S/C14H19N3O3/c1-9-5-6-11(13-17-15-8-20-13)7-12(9)16-10(2)14(18-3)19-4/h5-8,10,14,16H,1-4H3. The van der Waals surface area contributed by atoms with Gasteiger partial charge in [0.05, 0.1) is 6.04 Å². The number of aromatic nitrogens is 2. The maximum Gasteiger partial charge on any atom is 0.247 e. The highest BCUT2D eigenvalue weighted by molar-refractivity contribution is 5.64. The lowest BCUT2D eigenvalue weighted by Gasteiger charge is -2.24. The van der Waals surface area contributed by atoms with Crippen molar-refractivity contribution >= 4 is 5.69 Å². The van der Waals surface area contributed by atoms with Gasteiger partial charge < -0.3 is 19.2 Å².